The molecule has 0 bridgehead atoms. The first-order valence-corrected chi connectivity index (χ1v) is 8.63. The predicted octanol–water partition coefficient (Wildman–Crippen LogP) is 1.45. The summed E-state index contributed by atoms with van der Waals surface area (Å²) in [5.41, 5.74) is 2.23. The van der Waals surface area contributed by atoms with Crippen molar-refractivity contribution in [1.29, 1.82) is 0 Å². The van der Waals surface area contributed by atoms with Gasteiger partial charge in [-0.2, -0.15) is 0 Å². The molecule has 0 spiro atoms. The van der Waals surface area contributed by atoms with Gasteiger partial charge in [0.25, 0.3) is 5.91 Å². The lowest BCUT2D eigenvalue weighted by Gasteiger charge is -2.28. The molecule has 8 heteroatoms. The van der Waals surface area contributed by atoms with Crippen molar-refractivity contribution in [3.63, 3.8) is 0 Å². The number of hydrogen-bond acceptors (Lipinski definition) is 7. The first kappa shape index (κ1) is 16.8. The Kier molecular flexibility index (Phi) is 5.73. The molecule has 0 saturated carbocycles. The van der Waals surface area contributed by atoms with Crippen molar-refractivity contribution >= 4 is 22.9 Å². The predicted molar refractivity (Wildman–Crippen MR) is 91.3 cm³/mol. The van der Waals surface area contributed by atoms with E-state index in [0.717, 1.165) is 29.5 Å². The van der Waals surface area contributed by atoms with Crippen LogP contribution in [0.5, 0.6) is 0 Å². The average molecular weight is 348 g/mol. The molecule has 1 aliphatic heterocycles. The quantitative estimate of drug-likeness (QED) is 0.851. The lowest BCUT2D eigenvalue weighted by atomic mass is 10.2. The van der Waals surface area contributed by atoms with Crippen molar-refractivity contribution < 1.29 is 14.3 Å². The van der Waals surface area contributed by atoms with Gasteiger partial charge < -0.3 is 19.7 Å². The van der Waals surface area contributed by atoms with Crippen LogP contribution >= 0.6 is 11.3 Å². The van der Waals surface area contributed by atoms with Crippen LogP contribution in [-0.2, 0) is 22.6 Å². The fourth-order valence-corrected chi connectivity index (χ4v) is 3.21. The second kappa shape index (κ2) is 8.18. The highest BCUT2D eigenvalue weighted by molar-refractivity contribution is 7.09. The van der Waals surface area contributed by atoms with Gasteiger partial charge >= 0.3 is 0 Å². The lowest BCUT2D eigenvalue weighted by molar-refractivity contribution is 0.0945. The standard InChI is InChI=1S/C16H20N4O3S/c1-22-10-15-19-12(11-24-15)9-18-16(21)14-8-13(2-3-17-14)20-4-6-23-7-5-20/h2-3,8,11H,4-7,9-10H2,1H3,(H,18,21). The SMILES string of the molecule is COCc1nc(CNC(=O)c2cc(N3CCOCC3)ccn2)cs1. The summed E-state index contributed by atoms with van der Waals surface area (Å²) in [4.78, 5) is 23.1. The molecule has 3 rings (SSSR count). The summed E-state index contributed by atoms with van der Waals surface area (Å²) in [6.07, 6.45) is 1.67. The number of nitrogens with zero attached hydrogens (tertiary/aromatic N) is 3. The van der Waals surface area contributed by atoms with E-state index in [9.17, 15) is 4.79 Å². The Balaban J connectivity index is 1.59. The number of methoxy groups -OCH3 is 1. The highest BCUT2D eigenvalue weighted by Crippen LogP contribution is 2.16. The van der Waals surface area contributed by atoms with Gasteiger partial charge in [-0.05, 0) is 12.1 Å². The van der Waals surface area contributed by atoms with Crippen LogP contribution in [0.25, 0.3) is 0 Å². The third-order valence-corrected chi connectivity index (χ3v) is 4.52. The number of thiazole rings is 1. The van der Waals surface area contributed by atoms with Crippen molar-refractivity contribution in [3.05, 3.63) is 40.1 Å². The van der Waals surface area contributed by atoms with E-state index in [1.165, 1.54) is 11.3 Å². The largest absolute Gasteiger partial charge is 0.378 e. The molecule has 1 amide bonds. The number of morpholine rings is 1. The minimum atomic E-state index is -0.202. The Morgan fingerprint density at radius 3 is 3.08 bits per heavy atom. The van der Waals surface area contributed by atoms with Crippen LogP contribution in [0, 0.1) is 0 Å². The molecule has 1 aliphatic rings. The van der Waals surface area contributed by atoms with Gasteiger partial charge in [0.15, 0.2) is 0 Å². The molecule has 3 heterocycles. The number of nitrogens with one attached hydrogen (secondary N) is 1. The Bertz CT molecular complexity index is 685. The molecular weight excluding hydrogens is 328 g/mol. The summed E-state index contributed by atoms with van der Waals surface area (Å²) < 4.78 is 10.4. The van der Waals surface area contributed by atoms with E-state index in [1.54, 1.807) is 13.3 Å². The third kappa shape index (κ3) is 4.28. The van der Waals surface area contributed by atoms with Crippen molar-refractivity contribution in [2.24, 2.45) is 0 Å². The van der Waals surface area contributed by atoms with E-state index in [4.69, 9.17) is 9.47 Å². The topological polar surface area (TPSA) is 76.6 Å². The molecule has 7 nitrogen and oxygen atoms in total. The third-order valence-electron chi connectivity index (χ3n) is 3.65. The van der Waals surface area contributed by atoms with Crippen LogP contribution in [0.1, 0.15) is 21.2 Å². The smallest absolute Gasteiger partial charge is 0.270 e. The second-order valence-electron chi connectivity index (χ2n) is 5.35. The van der Waals surface area contributed by atoms with E-state index in [2.05, 4.69) is 20.2 Å². The Labute approximate surface area is 144 Å². The van der Waals surface area contributed by atoms with Crippen LogP contribution in [0.2, 0.25) is 0 Å². The molecule has 2 aromatic heterocycles. The Morgan fingerprint density at radius 2 is 2.29 bits per heavy atom. The van der Waals surface area contributed by atoms with E-state index >= 15 is 0 Å². The van der Waals surface area contributed by atoms with Gasteiger partial charge in [-0.3, -0.25) is 9.78 Å². The summed E-state index contributed by atoms with van der Waals surface area (Å²) in [7, 11) is 1.63. The molecule has 0 radical (unpaired) electrons. The Morgan fingerprint density at radius 1 is 1.46 bits per heavy atom. The fraction of sp³-hybridized carbons (Fsp3) is 0.438. The monoisotopic (exact) mass is 348 g/mol. The molecule has 0 aromatic carbocycles. The minimum absolute atomic E-state index is 0.202. The van der Waals surface area contributed by atoms with E-state index < -0.39 is 0 Å². The van der Waals surface area contributed by atoms with Gasteiger partial charge in [0.2, 0.25) is 0 Å². The van der Waals surface area contributed by atoms with Crippen LogP contribution < -0.4 is 10.2 Å². The number of carbonyl (C=O) groups excluding carboxylic acids is 1. The fourth-order valence-electron chi connectivity index (χ4n) is 2.44. The van der Waals surface area contributed by atoms with Gasteiger partial charge in [-0.1, -0.05) is 0 Å². The number of hydrogen-bond donors (Lipinski definition) is 1. The van der Waals surface area contributed by atoms with Gasteiger partial charge in [-0.15, -0.1) is 11.3 Å². The molecule has 1 N–H and O–H groups in total. The summed E-state index contributed by atoms with van der Waals surface area (Å²) in [6.45, 7) is 3.93. The number of amides is 1. The number of aromatic nitrogens is 2. The summed E-state index contributed by atoms with van der Waals surface area (Å²) in [6, 6.07) is 3.73. The normalized spacial score (nSPS) is 14.6. The number of pyridine rings is 1. The molecular formula is C16H20N4O3S. The number of carbonyl (C=O) groups is 1. The molecule has 0 atom stereocenters. The lowest BCUT2D eigenvalue weighted by Crippen LogP contribution is -2.36. The van der Waals surface area contributed by atoms with Crippen molar-refractivity contribution in [2.45, 2.75) is 13.2 Å². The first-order chi connectivity index (χ1) is 11.8. The molecule has 0 aliphatic carbocycles. The van der Waals surface area contributed by atoms with Crippen LogP contribution in [0.15, 0.2) is 23.7 Å². The number of rotatable bonds is 6. The molecule has 2 aromatic rings. The highest BCUT2D eigenvalue weighted by Gasteiger charge is 2.14. The molecule has 128 valence electrons. The van der Waals surface area contributed by atoms with Crippen molar-refractivity contribution in [2.75, 3.05) is 38.3 Å². The van der Waals surface area contributed by atoms with E-state index in [0.29, 0.717) is 32.1 Å². The van der Waals surface area contributed by atoms with Crippen LogP contribution in [0.4, 0.5) is 5.69 Å². The van der Waals surface area contributed by atoms with Crippen molar-refractivity contribution in [3.8, 4) is 0 Å². The number of ether oxygens (including phenoxy) is 2. The Hall–Kier alpha value is -2.03. The van der Waals surface area contributed by atoms with E-state index in [1.807, 2.05) is 17.5 Å². The van der Waals surface area contributed by atoms with Gasteiger partial charge in [0, 0.05) is 37.5 Å². The van der Waals surface area contributed by atoms with Gasteiger partial charge in [0.05, 0.1) is 32.1 Å². The first-order valence-electron chi connectivity index (χ1n) is 7.75. The minimum Gasteiger partial charge on any atom is -0.378 e. The summed E-state index contributed by atoms with van der Waals surface area (Å²) in [5, 5.41) is 5.68. The second-order valence-corrected chi connectivity index (χ2v) is 6.29. The zero-order chi connectivity index (χ0) is 16.8. The molecule has 24 heavy (non-hydrogen) atoms. The summed E-state index contributed by atoms with van der Waals surface area (Å²) in [5.74, 6) is -0.202. The highest BCUT2D eigenvalue weighted by atomic mass is 32.1. The molecule has 1 fully saturated rings. The maximum atomic E-state index is 12.3. The zero-order valence-electron chi connectivity index (χ0n) is 13.5. The maximum absolute atomic E-state index is 12.3. The average Bonchev–Trinajstić information content (AvgIpc) is 3.08. The summed E-state index contributed by atoms with van der Waals surface area (Å²) >= 11 is 1.52. The molecule has 0 unspecified atom stereocenters. The number of anilines is 1. The van der Waals surface area contributed by atoms with Gasteiger partial charge in [0.1, 0.15) is 10.7 Å². The van der Waals surface area contributed by atoms with Gasteiger partial charge in [-0.25, -0.2) is 4.98 Å². The van der Waals surface area contributed by atoms with E-state index in [-0.39, 0.29) is 5.91 Å². The van der Waals surface area contributed by atoms with Crippen LogP contribution in [-0.4, -0.2) is 49.3 Å². The zero-order valence-corrected chi connectivity index (χ0v) is 14.3. The van der Waals surface area contributed by atoms with Crippen LogP contribution in [0.3, 0.4) is 0 Å². The maximum Gasteiger partial charge on any atom is 0.270 e. The molecule has 1 saturated heterocycles. The van der Waals surface area contributed by atoms with Crippen molar-refractivity contribution in [1.82, 2.24) is 15.3 Å².